The van der Waals surface area contributed by atoms with E-state index in [1.807, 2.05) is 6.92 Å². The Balaban J connectivity index is 0.861. The summed E-state index contributed by atoms with van der Waals surface area (Å²) < 4.78 is 40.5. The molecule has 18 nitrogen and oxygen atoms in total. The van der Waals surface area contributed by atoms with Crippen LogP contribution >= 0.6 is 0 Å². The largest absolute Gasteiger partial charge is 0.458 e. The molecule has 18 heteroatoms. The Kier molecular flexibility index (Phi) is 11.7. The predicted octanol–water partition coefficient (Wildman–Crippen LogP) is -2.29. The van der Waals surface area contributed by atoms with Gasteiger partial charge in [0.2, 0.25) is 0 Å². The molecule has 4 aliphatic heterocycles. The van der Waals surface area contributed by atoms with Gasteiger partial charge in [-0.05, 0) is 75.2 Å². The van der Waals surface area contributed by atoms with Gasteiger partial charge in [-0.25, -0.2) is 4.79 Å². The molecule has 58 heavy (non-hydrogen) atoms. The first-order valence-electron chi connectivity index (χ1n) is 20.9. The fourth-order valence-electron chi connectivity index (χ4n) is 12.6. The quantitative estimate of drug-likeness (QED) is 0.0955. The van der Waals surface area contributed by atoms with Gasteiger partial charge in [-0.2, -0.15) is 0 Å². The van der Waals surface area contributed by atoms with Crippen molar-refractivity contribution in [2.45, 2.75) is 183 Å². The number of esters is 1. The first kappa shape index (κ1) is 43.2. The van der Waals surface area contributed by atoms with E-state index in [9.17, 15) is 55.9 Å². The van der Waals surface area contributed by atoms with E-state index in [0.717, 1.165) is 0 Å². The minimum atomic E-state index is -1.80. The molecule has 0 aromatic carbocycles. The predicted molar refractivity (Wildman–Crippen MR) is 194 cm³/mol. The van der Waals surface area contributed by atoms with Crippen LogP contribution in [-0.2, 0) is 38.0 Å². The summed E-state index contributed by atoms with van der Waals surface area (Å²) in [4.78, 5) is 12.0. The van der Waals surface area contributed by atoms with Gasteiger partial charge in [0.05, 0.1) is 43.2 Å². The van der Waals surface area contributed by atoms with Crippen LogP contribution in [0.1, 0.15) is 72.6 Å². The first-order valence-corrected chi connectivity index (χ1v) is 20.9. The summed E-state index contributed by atoms with van der Waals surface area (Å²) in [6.45, 7) is 6.91. The standard InChI is InChI=1S/C40H62O18/c1-15-28(44)31(47)33(49)37(55-15)57-23-14-53-36(32(48)29(23)45)58-34-16(2)54-25(12-22(34)42)56-19-5-7-38(3)18(10-19)11-21(41)27-20(38)6-8-39(4)26(17-9-24(43)52-13-17)30(46)35(50)40(27,39)51/h9,15-16,18-23,25-37,41-42,44-51H,5-8,10-14H2,1-4H3/t15-,16+,18+,19-,20-,21-,22-,23+,25-,26-,27-,28-,29-,30-,31+,32+,33+,34+,35+,36-,37-,38-,39+,40+/m0/s1. The molecular formula is C40H62O18. The van der Waals surface area contributed by atoms with Gasteiger partial charge >= 0.3 is 5.97 Å². The molecule has 4 aliphatic carbocycles. The molecule has 0 unspecified atom stereocenters. The maximum atomic E-state index is 12.6. The van der Waals surface area contributed by atoms with Gasteiger partial charge < -0.3 is 84.2 Å². The maximum absolute atomic E-state index is 12.6. The third kappa shape index (κ3) is 6.82. The summed E-state index contributed by atoms with van der Waals surface area (Å²) in [5.41, 5.74) is -2.57. The summed E-state index contributed by atoms with van der Waals surface area (Å²) in [6.07, 6.45) is -15.3. The number of rotatable bonds is 7. The topological polar surface area (TPSA) is 284 Å². The van der Waals surface area contributed by atoms with E-state index in [4.69, 9.17) is 33.2 Å². The lowest BCUT2D eigenvalue weighted by Gasteiger charge is -2.65. The molecule has 0 aromatic rings. The number of ether oxygens (including phenoxy) is 7. The second-order valence-corrected chi connectivity index (χ2v) is 18.9. The van der Waals surface area contributed by atoms with Crippen molar-refractivity contribution in [3.8, 4) is 0 Å². The molecule has 330 valence electrons. The molecule has 0 amide bonds. The number of aliphatic hydroxyl groups is 10. The van der Waals surface area contributed by atoms with Gasteiger partial charge in [-0.3, -0.25) is 0 Å². The van der Waals surface area contributed by atoms with Crippen molar-refractivity contribution >= 4 is 5.97 Å². The molecule has 0 bridgehead atoms. The average molecular weight is 831 g/mol. The van der Waals surface area contributed by atoms with Crippen LogP contribution in [0.3, 0.4) is 0 Å². The zero-order valence-electron chi connectivity index (χ0n) is 33.3. The third-order valence-corrected chi connectivity index (χ3v) is 15.8. The van der Waals surface area contributed by atoms with Crippen molar-refractivity contribution < 1.29 is 89.0 Å². The van der Waals surface area contributed by atoms with Crippen molar-refractivity contribution in [3.63, 3.8) is 0 Å². The fourth-order valence-corrected chi connectivity index (χ4v) is 12.6. The number of cyclic esters (lactones) is 1. The number of hydrogen-bond acceptors (Lipinski definition) is 18. The minimum Gasteiger partial charge on any atom is -0.458 e. The molecule has 10 N–H and O–H groups in total. The Labute approximate surface area is 336 Å². The van der Waals surface area contributed by atoms with Crippen LogP contribution in [0, 0.1) is 34.5 Å². The maximum Gasteiger partial charge on any atom is 0.331 e. The smallest absolute Gasteiger partial charge is 0.331 e. The van der Waals surface area contributed by atoms with Gasteiger partial charge in [0, 0.05) is 29.7 Å². The molecule has 8 aliphatic rings. The summed E-state index contributed by atoms with van der Waals surface area (Å²) in [6, 6.07) is 0. The van der Waals surface area contributed by atoms with Crippen LogP contribution in [0.15, 0.2) is 11.6 Å². The Morgan fingerprint density at radius 2 is 1.47 bits per heavy atom. The monoisotopic (exact) mass is 830 g/mol. The number of carbonyl (C=O) groups excluding carboxylic acids is 1. The van der Waals surface area contributed by atoms with Crippen molar-refractivity contribution in [2.75, 3.05) is 13.2 Å². The third-order valence-electron chi connectivity index (χ3n) is 15.8. The molecule has 24 atom stereocenters. The van der Waals surface area contributed by atoms with Crippen molar-refractivity contribution in [3.05, 3.63) is 11.6 Å². The first-order chi connectivity index (χ1) is 27.3. The van der Waals surface area contributed by atoms with Gasteiger partial charge in [0.25, 0.3) is 0 Å². The van der Waals surface area contributed by atoms with Gasteiger partial charge in [0.1, 0.15) is 61.0 Å². The second-order valence-electron chi connectivity index (χ2n) is 18.9. The Bertz CT molecular complexity index is 1540. The average Bonchev–Trinajstić information content (AvgIpc) is 3.66. The highest BCUT2D eigenvalue weighted by atomic mass is 16.7. The molecule has 7 fully saturated rings. The summed E-state index contributed by atoms with van der Waals surface area (Å²) >= 11 is 0. The molecular weight excluding hydrogens is 768 g/mol. The number of fused-ring (bicyclic) bond motifs is 5. The van der Waals surface area contributed by atoms with E-state index in [2.05, 4.69) is 6.92 Å². The molecule has 8 rings (SSSR count). The fraction of sp³-hybridized carbons (Fsp3) is 0.925. The number of hydrogen-bond donors (Lipinski definition) is 10. The van der Waals surface area contributed by atoms with E-state index in [0.29, 0.717) is 44.1 Å². The normalized spacial score (nSPS) is 57.2. The highest BCUT2D eigenvalue weighted by Crippen LogP contribution is 2.70. The summed E-state index contributed by atoms with van der Waals surface area (Å²) in [7, 11) is 0. The van der Waals surface area contributed by atoms with E-state index >= 15 is 0 Å². The van der Waals surface area contributed by atoms with Crippen molar-refractivity contribution in [1.29, 1.82) is 0 Å². The van der Waals surface area contributed by atoms with Crippen LogP contribution in [-0.4, -0.2) is 180 Å². The molecule has 0 radical (unpaired) electrons. The van der Waals surface area contributed by atoms with Crippen molar-refractivity contribution in [2.24, 2.45) is 34.5 Å². The lowest BCUT2D eigenvalue weighted by molar-refractivity contribution is -0.354. The highest BCUT2D eigenvalue weighted by Gasteiger charge is 2.75. The Morgan fingerprint density at radius 3 is 2.16 bits per heavy atom. The van der Waals surface area contributed by atoms with Crippen LogP contribution < -0.4 is 0 Å². The molecule has 0 aromatic heterocycles. The van der Waals surface area contributed by atoms with Crippen molar-refractivity contribution in [1.82, 2.24) is 0 Å². The molecule has 0 spiro atoms. The van der Waals surface area contributed by atoms with E-state index in [-0.39, 0.29) is 43.0 Å². The SMILES string of the molecule is C[C@@H]1O[C@@H](O[C@@H]2CO[C@@H](O[C@H]3[C@@H](O)C[C@H](O[C@H]4CC[C@@]5(C)[C@H](C4)C[C@H](O)[C@@H]4[C@@H]5CC[C@]5(C)[C@@H](C6=CC(=O)OC6)[C@H](O)[C@@H](O)[C@]45O)O[C@@H]3C)[C@H](O)[C@H]2O)[C@H](O)[C@H](O)[C@H]1O. The van der Waals surface area contributed by atoms with Gasteiger partial charge in [-0.1, -0.05) is 13.8 Å². The van der Waals surface area contributed by atoms with E-state index in [1.54, 1.807) is 6.92 Å². The summed E-state index contributed by atoms with van der Waals surface area (Å²) in [5.74, 6) is -2.06. The number of aliphatic hydroxyl groups excluding tert-OH is 9. The second kappa shape index (κ2) is 15.7. The zero-order valence-corrected chi connectivity index (χ0v) is 33.3. The molecule has 3 saturated heterocycles. The van der Waals surface area contributed by atoms with Crippen LogP contribution in [0.25, 0.3) is 0 Å². The van der Waals surface area contributed by atoms with Crippen LogP contribution in [0.4, 0.5) is 0 Å². The Morgan fingerprint density at radius 1 is 0.741 bits per heavy atom. The zero-order chi connectivity index (χ0) is 41.8. The van der Waals surface area contributed by atoms with Gasteiger partial charge in [-0.15, -0.1) is 0 Å². The van der Waals surface area contributed by atoms with E-state index in [1.165, 1.54) is 13.0 Å². The van der Waals surface area contributed by atoms with Crippen LogP contribution in [0.5, 0.6) is 0 Å². The van der Waals surface area contributed by atoms with Gasteiger partial charge in [0.15, 0.2) is 18.9 Å². The minimum absolute atomic E-state index is 0.00561. The molecule has 4 saturated carbocycles. The van der Waals surface area contributed by atoms with E-state index < -0.39 is 127 Å². The highest BCUT2D eigenvalue weighted by molar-refractivity contribution is 5.85. The lowest BCUT2D eigenvalue weighted by Crippen LogP contribution is -2.69. The number of carbonyl (C=O) groups is 1. The Hall–Kier alpha value is -1.43. The summed E-state index contributed by atoms with van der Waals surface area (Å²) in [5, 5.41) is 111. The lowest BCUT2D eigenvalue weighted by atomic mass is 9.42. The van der Waals surface area contributed by atoms with Crippen LogP contribution in [0.2, 0.25) is 0 Å². The molecule has 4 heterocycles.